The van der Waals surface area contributed by atoms with Gasteiger partial charge in [0.15, 0.2) is 0 Å². The zero-order valence-corrected chi connectivity index (χ0v) is 14.6. The molecular weight excluding hydrogens is 300 g/mol. The van der Waals surface area contributed by atoms with Crippen LogP contribution in [-0.4, -0.2) is 11.8 Å². The molecule has 0 aliphatic heterocycles. The Morgan fingerprint density at radius 3 is 2.00 bits per heavy atom. The number of nitrogens with one attached hydrogen (secondary N) is 2. The Balaban J connectivity index is 1.89. The molecule has 0 saturated heterocycles. The van der Waals surface area contributed by atoms with Crippen molar-refractivity contribution >= 4 is 23.2 Å². The number of rotatable bonds is 4. The molecule has 0 unspecified atom stereocenters. The van der Waals surface area contributed by atoms with Crippen LogP contribution in [0.1, 0.15) is 38.3 Å². The lowest BCUT2D eigenvalue weighted by atomic mass is 9.87. The third-order valence-corrected chi connectivity index (χ3v) is 3.66. The molecule has 126 valence electrons. The number of hydrogen-bond acceptors (Lipinski definition) is 2. The number of aryl methyl sites for hydroxylation is 1. The van der Waals surface area contributed by atoms with Crippen LogP contribution in [0.25, 0.3) is 0 Å². The molecule has 0 aromatic heterocycles. The molecule has 2 aromatic carbocycles. The molecule has 2 N–H and O–H groups in total. The van der Waals surface area contributed by atoms with Gasteiger partial charge < -0.3 is 10.6 Å². The fourth-order valence-corrected chi connectivity index (χ4v) is 2.33. The fourth-order valence-electron chi connectivity index (χ4n) is 2.33. The molecule has 2 rings (SSSR count). The van der Waals surface area contributed by atoms with Gasteiger partial charge in [-0.3, -0.25) is 9.59 Å². The van der Waals surface area contributed by atoms with Crippen LogP contribution in [0.2, 0.25) is 0 Å². The lowest BCUT2D eigenvalue weighted by molar-refractivity contribution is -0.123. The average molecular weight is 324 g/mol. The van der Waals surface area contributed by atoms with Gasteiger partial charge in [0, 0.05) is 11.4 Å². The topological polar surface area (TPSA) is 58.2 Å². The van der Waals surface area contributed by atoms with Gasteiger partial charge >= 0.3 is 0 Å². The molecule has 0 radical (unpaired) electrons. The summed E-state index contributed by atoms with van der Waals surface area (Å²) in [5, 5.41) is 5.48. The van der Waals surface area contributed by atoms with Gasteiger partial charge in [-0.15, -0.1) is 0 Å². The summed E-state index contributed by atoms with van der Waals surface area (Å²) in [7, 11) is 0. The van der Waals surface area contributed by atoms with E-state index in [9.17, 15) is 9.59 Å². The molecule has 4 nitrogen and oxygen atoms in total. The molecule has 0 atom stereocenters. The first kappa shape index (κ1) is 17.7. The number of hydrogen-bond donors (Lipinski definition) is 2. The van der Waals surface area contributed by atoms with Gasteiger partial charge in [0.1, 0.15) is 6.42 Å². The van der Waals surface area contributed by atoms with Crippen LogP contribution in [0.15, 0.2) is 48.5 Å². The first-order valence-corrected chi connectivity index (χ1v) is 8.01. The van der Waals surface area contributed by atoms with Crippen LogP contribution in [0, 0.1) is 6.92 Å². The van der Waals surface area contributed by atoms with Crippen molar-refractivity contribution in [1.82, 2.24) is 0 Å². The minimum absolute atomic E-state index is 0.0657. The average Bonchev–Trinajstić information content (AvgIpc) is 2.46. The lowest BCUT2D eigenvalue weighted by Gasteiger charge is -2.19. The van der Waals surface area contributed by atoms with Crippen LogP contribution in [0.3, 0.4) is 0 Å². The molecule has 2 aromatic rings. The maximum Gasteiger partial charge on any atom is 0.233 e. The molecule has 0 spiro atoms. The van der Waals surface area contributed by atoms with Gasteiger partial charge in [-0.2, -0.15) is 0 Å². The number of benzene rings is 2. The zero-order valence-electron chi connectivity index (χ0n) is 14.6. The molecule has 0 fully saturated rings. The summed E-state index contributed by atoms with van der Waals surface area (Å²) in [4.78, 5) is 23.9. The minimum Gasteiger partial charge on any atom is -0.326 e. The van der Waals surface area contributed by atoms with E-state index in [1.165, 1.54) is 5.56 Å². The van der Waals surface area contributed by atoms with Crippen molar-refractivity contribution in [2.45, 2.75) is 39.5 Å². The SMILES string of the molecule is Cc1cccc(NC(=O)CC(=O)Nc2ccc(C(C)(C)C)cc2)c1. The third kappa shape index (κ3) is 5.23. The summed E-state index contributed by atoms with van der Waals surface area (Å²) < 4.78 is 0. The summed E-state index contributed by atoms with van der Waals surface area (Å²) in [6.45, 7) is 8.35. The van der Waals surface area contributed by atoms with Crippen LogP contribution in [0.5, 0.6) is 0 Å². The van der Waals surface area contributed by atoms with Crippen molar-refractivity contribution in [1.29, 1.82) is 0 Å². The molecule has 0 heterocycles. The van der Waals surface area contributed by atoms with Crippen molar-refractivity contribution in [2.75, 3.05) is 10.6 Å². The summed E-state index contributed by atoms with van der Waals surface area (Å²) in [6, 6.07) is 15.2. The van der Waals surface area contributed by atoms with E-state index in [0.717, 1.165) is 5.56 Å². The maximum atomic E-state index is 12.0. The summed E-state index contributed by atoms with van der Waals surface area (Å²) in [6.07, 6.45) is -0.213. The molecule has 0 aliphatic carbocycles. The predicted molar refractivity (Wildman–Crippen MR) is 98.2 cm³/mol. The van der Waals surface area contributed by atoms with Gasteiger partial charge in [0.25, 0.3) is 0 Å². The molecular formula is C20H24N2O2. The molecule has 0 saturated carbocycles. The Hall–Kier alpha value is -2.62. The largest absolute Gasteiger partial charge is 0.326 e. The Morgan fingerprint density at radius 2 is 1.46 bits per heavy atom. The summed E-state index contributed by atoms with van der Waals surface area (Å²) in [5.41, 5.74) is 3.70. The Bertz CT molecular complexity index is 728. The van der Waals surface area contributed by atoms with Crippen molar-refractivity contribution in [2.24, 2.45) is 0 Å². The van der Waals surface area contributed by atoms with Crippen molar-refractivity contribution < 1.29 is 9.59 Å². The number of anilines is 2. The van der Waals surface area contributed by atoms with Crippen molar-refractivity contribution in [3.8, 4) is 0 Å². The molecule has 2 amide bonds. The van der Waals surface area contributed by atoms with Crippen LogP contribution < -0.4 is 10.6 Å². The second-order valence-electron chi connectivity index (χ2n) is 6.97. The fraction of sp³-hybridized carbons (Fsp3) is 0.300. The second kappa shape index (κ2) is 7.30. The van der Waals surface area contributed by atoms with E-state index in [1.54, 1.807) is 6.07 Å². The minimum atomic E-state index is -0.330. The summed E-state index contributed by atoms with van der Waals surface area (Å²) in [5.74, 6) is -0.659. The van der Waals surface area contributed by atoms with Crippen LogP contribution in [-0.2, 0) is 15.0 Å². The highest BCUT2D eigenvalue weighted by Crippen LogP contribution is 2.23. The second-order valence-corrected chi connectivity index (χ2v) is 6.97. The molecule has 4 heteroatoms. The van der Waals surface area contributed by atoms with Gasteiger partial charge in [-0.1, -0.05) is 45.0 Å². The van der Waals surface area contributed by atoms with Gasteiger partial charge in [-0.05, 0) is 47.7 Å². The third-order valence-electron chi connectivity index (χ3n) is 3.66. The van der Waals surface area contributed by atoms with Crippen molar-refractivity contribution in [3.63, 3.8) is 0 Å². The van der Waals surface area contributed by atoms with E-state index in [-0.39, 0.29) is 23.7 Å². The monoisotopic (exact) mass is 324 g/mol. The van der Waals surface area contributed by atoms with E-state index >= 15 is 0 Å². The Labute approximate surface area is 143 Å². The van der Waals surface area contributed by atoms with Crippen LogP contribution >= 0.6 is 0 Å². The molecule has 0 bridgehead atoms. The first-order valence-electron chi connectivity index (χ1n) is 8.01. The van der Waals surface area contributed by atoms with E-state index in [4.69, 9.17) is 0 Å². The quantitative estimate of drug-likeness (QED) is 0.826. The highest BCUT2D eigenvalue weighted by atomic mass is 16.2. The highest BCUT2D eigenvalue weighted by molar-refractivity contribution is 6.08. The normalized spacial score (nSPS) is 11.0. The standard InChI is InChI=1S/C20H24N2O2/c1-14-6-5-7-17(12-14)22-19(24)13-18(23)21-16-10-8-15(9-11-16)20(2,3)4/h5-12H,13H2,1-4H3,(H,21,23)(H,22,24). The Kier molecular flexibility index (Phi) is 5.39. The number of amides is 2. The van der Waals surface area contributed by atoms with Gasteiger partial charge in [0.05, 0.1) is 0 Å². The predicted octanol–water partition coefficient (Wildman–Crippen LogP) is 4.26. The van der Waals surface area contributed by atoms with Gasteiger partial charge in [0.2, 0.25) is 11.8 Å². The maximum absolute atomic E-state index is 12.0. The van der Waals surface area contributed by atoms with E-state index in [2.05, 4.69) is 31.4 Å². The van der Waals surface area contributed by atoms with Crippen molar-refractivity contribution in [3.05, 3.63) is 59.7 Å². The van der Waals surface area contributed by atoms with E-state index in [1.807, 2.05) is 49.4 Å². The Morgan fingerprint density at radius 1 is 0.875 bits per heavy atom. The molecule has 24 heavy (non-hydrogen) atoms. The van der Waals surface area contributed by atoms with Gasteiger partial charge in [-0.25, -0.2) is 0 Å². The first-order chi connectivity index (χ1) is 11.2. The van der Waals surface area contributed by atoms with Crippen LogP contribution in [0.4, 0.5) is 11.4 Å². The van der Waals surface area contributed by atoms with E-state index < -0.39 is 0 Å². The summed E-state index contributed by atoms with van der Waals surface area (Å²) >= 11 is 0. The zero-order chi connectivity index (χ0) is 17.7. The smallest absolute Gasteiger partial charge is 0.233 e. The number of carbonyl (C=O) groups is 2. The number of carbonyl (C=O) groups excluding carboxylic acids is 2. The molecule has 0 aliphatic rings. The highest BCUT2D eigenvalue weighted by Gasteiger charge is 2.14. The van der Waals surface area contributed by atoms with E-state index in [0.29, 0.717) is 11.4 Å². The lowest BCUT2D eigenvalue weighted by Crippen LogP contribution is -2.21.